The number of hydrogen-bond donors (Lipinski definition) is 1. The Hall–Kier alpha value is 2.26. The number of allylic oxidation sites excluding steroid dienone is 1. The van der Waals surface area contributed by atoms with Gasteiger partial charge in [0, 0.05) is 0 Å². The smallest absolute Gasteiger partial charge is 0.810 e. The number of aryl methyl sites for hydroxylation is 1. The van der Waals surface area contributed by atoms with E-state index in [9.17, 15) is 23.8 Å². The maximum atomic E-state index is 11.0. The fourth-order valence-corrected chi connectivity index (χ4v) is 4.54. The molecule has 0 amide bonds. The average molecular weight is 414 g/mol. The van der Waals surface area contributed by atoms with E-state index >= 15 is 0 Å². The van der Waals surface area contributed by atoms with E-state index in [4.69, 9.17) is 4.89 Å². The number of benzene rings is 1. The van der Waals surface area contributed by atoms with Gasteiger partial charge in [0.1, 0.15) is 7.60 Å². The first-order valence-corrected chi connectivity index (χ1v) is 10.0. The van der Waals surface area contributed by atoms with Gasteiger partial charge in [0.15, 0.2) is 0 Å². The summed E-state index contributed by atoms with van der Waals surface area (Å²) >= 11 is 0. The molecular formula is C14H19Na3O6P2. The van der Waals surface area contributed by atoms with Gasteiger partial charge in [-0.3, -0.25) is 0 Å². The fraction of sp³-hybridized carbons (Fsp3) is 0.429. The Labute approximate surface area is 215 Å². The zero-order valence-electron chi connectivity index (χ0n) is 15.5. The molecule has 124 valence electrons. The van der Waals surface area contributed by atoms with Crippen LogP contribution in [0, 0.1) is 0 Å². The molecule has 2 unspecified atom stereocenters. The van der Waals surface area contributed by atoms with Crippen molar-refractivity contribution < 1.29 is 117 Å². The summed E-state index contributed by atoms with van der Waals surface area (Å²) < 4.78 is 21.9. The first-order valence-electron chi connectivity index (χ1n) is 6.79. The maximum absolute atomic E-state index is 11.0. The van der Waals surface area contributed by atoms with E-state index in [0.717, 1.165) is 16.7 Å². The summed E-state index contributed by atoms with van der Waals surface area (Å²) in [6.07, 6.45) is 2.20. The molecule has 0 bridgehead atoms. The summed E-state index contributed by atoms with van der Waals surface area (Å²) in [6.45, 7) is 3.96. The molecule has 0 heterocycles. The Morgan fingerprint density at radius 1 is 1.08 bits per heavy atom. The molecule has 1 N–H and O–H groups in total. The first-order chi connectivity index (χ1) is 10.00. The van der Waals surface area contributed by atoms with Crippen molar-refractivity contribution in [3.8, 4) is 0 Å². The Morgan fingerprint density at radius 3 is 1.92 bits per heavy atom. The van der Waals surface area contributed by atoms with Crippen LogP contribution in [0.2, 0.25) is 0 Å². The van der Waals surface area contributed by atoms with Crippen molar-refractivity contribution in [2.75, 3.05) is 0 Å². The van der Waals surface area contributed by atoms with Gasteiger partial charge in [-0.2, -0.15) is 0 Å². The van der Waals surface area contributed by atoms with E-state index < -0.39 is 27.0 Å². The Morgan fingerprint density at radius 2 is 1.56 bits per heavy atom. The molecule has 1 aromatic carbocycles. The second-order valence-corrected chi connectivity index (χ2v) is 9.30. The van der Waals surface area contributed by atoms with Crippen LogP contribution in [0.15, 0.2) is 29.8 Å². The molecule has 0 aromatic heterocycles. The van der Waals surface area contributed by atoms with E-state index in [1.807, 2.05) is 44.2 Å². The second kappa shape index (κ2) is 14.3. The van der Waals surface area contributed by atoms with Crippen molar-refractivity contribution in [3.05, 3.63) is 41.0 Å². The van der Waals surface area contributed by atoms with E-state index in [1.165, 1.54) is 0 Å². The van der Waals surface area contributed by atoms with E-state index in [-0.39, 0.29) is 95.1 Å². The molecule has 1 rings (SSSR count). The van der Waals surface area contributed by atoms with Crippen LogP contribution in [0.25, 0.3) is 6.08 Å². The molecule has 0 aliphatic rings. The Kier molecular flexibility index (Phi) is 18.2. The molecule has 0 aliphatic heterocycles. The molecule has 0 radical (unpaired) electrons. The predicted molar refractivity (Wildman–Crippen MR) is 79.9 cm³/mol. The van der Waals surface area contributed by atoms with Crippen LogP contribution in [0.1, 0.15) is 37.8 Å². The molecular weight excluding hydrogens is 395 g/mol. The average Bonchev–Trinajstić information content (AvgIpc) is 2.32. The van der Waals surface area contributed by atoms with Crippen molar-refractivity contribution in [2.45, 2.75) is 38.5 Å². The normalized spacial score (nSPS) is 14.0. The van der Waals surface area contributed by atoms with Crippen LogP contribution in [0.3, 0.4) is 0 Å². The summed E-state index contributed by atoms with van der Waals surface area (Å²) in [5.41, 5.74) is 3.09. The standard InChI is InChI=1S/C14H22O6P2.3Na/c1-11(2)10-13-8-6-12(7-9-13)4-3-5-14(21(15,16)17)22(18,19)20;;;/h6-10,14H,3-5H2,1-2H3,(H2,15,16,17)(H2,18,19,20);;;/q;3*+1/p-3. The Balaban J connectivity index is -0.00000161. The minimum atomic E-state index is -5.38. The summed E-state index contributed by atoms with van der Waals surface area (Å²) in [5, 5.41) is -2.25. The third kappa shape index (κ3) is 13.2. The van der Waals surface area contributed by atoms with Crippen LogP contribution in [0.5, 0.6) is 0 Å². The van der Waals surface area contributed by atoms with Crippen LogP contribution in [0.4, 0.5) is 0 Å². The topological polar surface area (TPSA) is 124 Å². The van der Waals surface area contributed by atoms with E-state index in [1.54, 1.807) is 0 Å². The van der Waals surface area contributed by atoms with Crippen LogP contribution >= 0.6 is 15.2 Å². The molecule has 1 aromatic rings. The van der Waals surface area contributed by atoms with Gasteiger partial charge in [-0.1, -0.05) is 43.5 Å². The summed E-state index contributed by atoms with van der Waals surface area (Å²) in [4.78, 5) is 41.6. The van der Waals surface area contributed by atoms with Gasteiger partial charge in [0.05, 0.1) is 5.40 Å². The third-order valence-corrected chi connectivity index (χ3v) is 6.83. The van der Waals surface area contributed by atoms with Crippen LogP contribution < -0.4 is 103 Å². The van der Waals surface area contributed by atoms with E-state index in [2.05, 4.69) is 0 Å². The SMILES string of the molecule is CC(C)=Cc1ccc(CCCC(P(=O)([O-])[O-])P(=O)([O-])O)cc1.[Na+].[Na+].[Na+]. The van der Waals surface area contributed by atoms with Crippen LogP contribution in [-0.4, -0.2) is 10.3 Å². The van der Waals surface area contributed by atoms with Gasteiger partial charge in [-0.05, 0) is 44.2 Å². The van der Waals surface area contributed by atoms with Gasteiger partial charge in [0.2, 0.25) is 0 Å². The van der Waals surface area contributed by atoms with Crippen molar-refractivity contribution in [1.82, 2.24) is 0 Å². The molecule has 0 spiro atoms. The molecule has 0 saturated heterocycles. The number of hydrogen-bond acceptors (Lipinski definition) is 5. The molecule has 25 heavy (non-hydrogen) atoms. The fourth-order valence-electron chi connectivity index (χ4n) is 2.10. The molecule has 0 fully saturated rings. The van der Waals surface area contributed by atoms with Crippen molar-refractivity contribution >= 4 is 21.3 Å². The number of rotatable bonds is 7. The van der Waals surface area contributed by atoms with E-state index in [0.29, 0.717) is 6.42 Å². The van der Waals surface area contributed by atoms with Crippen molar-refractivity contribution in [3.63, 3.8) is 0 Å². The molecule has 11 heteroatoms. The van der Waals surface area contributed by atoms with Crippen molar-refractivity contribution in [2.24, 2.45) is 0 Å². The largest absolute Gasteiger partial charge is 1.00 e. The van der Waals surface area contributed by atoms with Gasteiger partial charge in [-0.25, -0.2) is 0 Å². The zero-order chi connectivity index (χ0) is 17.0. The summed E-state index contributed by atoms with van der Waals surface area (Å²) in [5.74, 6) is 0. The van der Waals surface area contributed by atoms with Gasteiger partial charge < -0.3 is 28.7 Å². The first kappa shape index (κ1) is 31.9. The molecule has 6 nitrogen and oxygen atoms in total. The van der Waals surface area contributed by atoms with Gasteiger partial charge in [-0.15, -0.1) is 0 Å². The summed E-state index contributed by atoms with van der Waals surface area (Å²) in [7, 11) is -10.6. The second-order valence-electron chi connectivity index (χ2n) is 5.44. The quantitative estimate of drug-likeness (QED) is 0.349. The molecule has 2 atom stereocenters. The maximum Gasteiger partial charge on any atom is 1.00 e. The zero-order valence-corrected chi connectivity index (χ0v) is 23.3. The van der Waals surface area contributed by atoms with Gasteiger partial charge in [0.25, 0.3) is 0 Å². The monoisotopic (exact) mass is 414 g/mol. The van der Waals surface area contributed by atoms with Gasteiger partial charge >= 0.3 is 88.7 Å². The Bertz CT molecular complexity index is 598. The van der Waals surface area contributed by atoms with Crippen LogP contribution in [-0.2, 0) is 15.6 Å². The van der Waals surface area contributed by atoms with Crippen molar-refractivity contribution in [1.29, 1.82) is 0 Å². The minimum Gasteiger partial charge on any atom is -0.810 e. The predicted octanol–water partition coefficient (Wildman–Crippen LogP) is -7.77. The molecule has 0 saturated carbocycles. The third-order valence-electron chi connectivity index (χ3n) is 3.10. The minimum absolute atomic E-state index is 0. The molecule has 0 aliphatic carbocycles. The summed E-state index contributed by atoms with van der Waals surface area (Å²) in [6, 6.07) is 7.51.